The van der Waals surface area contributed by atoms with E-state index in [4.69, 9.17) is 5.73 Å². The van der Waals surface area contributed by atoms with Crippen LogP contribution in [0.3, 0.4) is 0 Å². The molecule has 6 nitrogen and oxygen atoms in total. The third kappa shape index (κ3) is 4.58. The molecule has 1 aromatic heterocycles. The lowest BCUT2D eigenvalue weighted by molar-refractivity contribution is 0.584. The van der Waals surface area contributed by atoms with Gasteiger partial charge in [0.1, 0.15) is 5.82 Å². The minimum atomic E-state index is -3.20. The maximum atomic E-state index is 11.4. The molecule has 0 amide bonds. The van der Waals surface area contributed by atoms with Gasteiger partial charge in [0.2, 0.25) is 10.0 Å². The molecule has 1 aromatic rings. The highest BCUT2D eigenvalue weighted by Gasteiger charge is 2.08. The molecule has 0 fully saturated rings. The number of nitrogens with one attached hydrogen (secondary N) is 2. The maximum Gasteiger partial charge on any atom is 0.213 e. The maximum absolute atomic E-state index is 11.4. The van der Waals surface area contributed by atoms with Crippen molar-refractivity contribution in [1.82, 2.24) is 9.71 Å². The van der Waals surface area contributed by atoms with Gasteiger partial charge in [0.25, 0.3) is 0 Å². The van der Waals surface area contributed by atoms with Gasteiger partial charge in [0, 0.05) is 19.3 Å². The Hall–Kier alpha value is -1.34. The molecule has 0 saturated heterocycles. The predicted molar refractivity (Wildman–Crippen MR) is 69.3 cm³/mol. The number of anilines is 2. The van der Waals surface area contributed by atoms with Crippen LogP contribution < -0.4 is 15.8 Å². The standard InChI is InChI=1S/C10H18N4O2S/c1-3-14-17(15,16)5-4-12-10-9(11)6-8(2)7-13-10/h6-7,14H,3-5,11H2,1-2H3,(H,12,13). The molecule has 4 N–H and O–H groups in total. The van der Waals surface area contributed by atoms with E-state index >= 15 is 0 Å². The van der Waals surface area contributed by atoms with Crippen molar-refractivity contribution in [2.75, 3.05) is 29.9 Å². The molecule has 0 atom stereocenters. The Labute approximate surface area is 102 Å². The molecule has 0 bridgehead atoms. The lowest BCUT2D eigenvalue weighted by Crippen LogP contribution is -2.29. The number of pyridine rings is 1. The topological polar surface area (TPSA) is 97.1 Å². The van der Waals surface area contributed by atoms with E-state index in [9.17, 15) is 8.42 Å². The number of rotatable bonds is 6. The second kappa shape index (κ2) is 5.83. The van der Waals surface area contributed by atoms with Crippen molar-refractivity contribution in [2.45, 2.75) is 13.8 Å². The van der Waals surface area contributed by atoms with Crippen molar-refractivity contribution in [3.8, 4) is 0 Å². The van der Waals surface area contributed by atoms with E-state index in [1.165, 1.54) is 0 Å². The van der Waals surface area contributed by atoms with Gasteiger partial charge in [-0.25, -0.2) is 18.1 Å². The first kappa shape index (κ1) is 13.7. The van der Waals surface area contributed by atoms with Gasteiger partial charge >= 0.3 is 0 Å². The van der Waals surface area contributed by atoms with Crippen LogP contribution >= 0.6 is 0 Å². The van der Waals surface area contributed by atoms with Crippen molar-refractivity contribution in [2.24, 2.45) is 0 Å². The van der Waals surface area contributed by atoms with Gasteiger partial charge in [-0.1, -0.05) is 6.92 Å². The summed E-state index contributed by atoms with van der Waals surface area (Å²) in [5.41, 5.74) is 7.23. The number of nitrogens with zero attached hydrogens (tertiary/aromatic N) is 1. The first-order valence-corrected chi connectivity index (χ1v) is 7.03. The van der Waals surface area contributed by atoms with Gasteiger partial charge in [-0.15, -0.1) is 0 Å². The van der Waals surface area contributed by atoms with E-state index in [1.807, 2.05) is 6.92 Å². The molecule has 96 valence electrons. The van der Waals surface area contributed by atoms with Crippen molar-refractivity contribution in [1.29, 1.82) is 0 Å². The molecule has 0 unspecified atom stereocenters. The summed E-state index contributed by atoms with van der Waals surface area (Å²) in [4.78, 5) is 4.09. The summed E-state index contributed by atoms with van der Waals surface area (Å²) in [5.74, 6) is 0.512. The van der Waals surface area contributed by atoms with Crippen LogP contribution in [0, 0.1) is 6.92 Å². The average molecular weight is 258 g/mol. The normalized spacial score (nSPS) is 11.4. The molecule has 0 radical (unpaired) electrons. The van der Waals surface area contributed by atoms with Gasteiger partial charge in [-0.05, 0) is 18.6 Å². The number of nitrogens with two attached hydrogens (primary N) is 1. The smallest absolute Gasteiger partial charge is 0.213 e. The Morgan fingerprint density at radius 3 is 2.76 bits per heavy atom. The molecule has 1 heterocycles. The van der Waals surface area contributed by atoms with E-state index < -0.39 is 10.0 Å². The molecule has 0 aliphatic rings. The van der Waals surface area contributed by atoms with Crippen LogP contribution in [0.5, 0.6) is 0 Å². The van der Waals surface area contributed by atoms with E-state index in [2.05, 4.69) is 15.0 Å². The van der Waals surface area contributed by atoms with Gasteiger partial charge in [-0.2, -0.15) is 0 Å². The fourth-order valence-electron chi connectivity index (χ4n) is 1.34. The van der Waals surface area contributed by atoms with Crippen LogP contribution in [-0.4, -0.2) is 32.2 Å². The molecule has 0 saturated carbocycles. The summed E-state index contributed by atoms with van der Waals surface area (Å²) in [7, 11) is -3.20. The van der Waals surface area contributed by atoms with Crippen molar-refractivity contribution >= 4 is 21.5 Å². The summed E-state index contributed by atoms with van der Waals surface area (Å²) in [6.45, 7) is 4.30. The minimum absolute atomic E-state index is 0.00413. The lowest BCUT2D eigenvalue weighted by Gasteiger charge is -2.09. The molecular weight excluding hydrogens is 240 g/mol. The van der Waals surface area contributed by atoms with Crippen LogP contribution in [-0.2, 0) is 10.0 Å². The Kier molecular flexibility index (Phi) is 4.71. The van der Waals surface area contributed by atoms with Crippen LogP contribution in [0.4, 0.5) is 11.5 Å². The number of aromatic nitrogens is 1. The van der Waals surface area contributed by atoms with Gasteiger partial charge in [-0.3, -0.25) is 0 Å². The third-order valence-electron chi connectivity index (χ3n) is 2.08. The summed E-state index contributed by atoms with van der Waals surface area (Å²) < 4.78 is 25.1. The van der Waals surface area contributed by atoms with Crippen LogP contribution in [0.15, 0.2) is 12.3 Å². The number of sulfonamides is 1. The van der Waals surface area contributed by atoms with Crippen molar-refractivity contribution in [3.05, 3.63) is 17.8 Å². The Bertz CT molecular complexity index is 473. The number of nitrogen functional groups attached to an aromatic ring is 1. The fourth-order valence-corrected chi connectivity index (χ4v) is 2.29. The molecule has 7 heteroatoms. The van der Waals surface area contributed by atoms with Gasteiger partial charge < -0.3 is 11.1 Å². The van der Waals surface area contributed by atoms with Crippen molar-refractivity contribution < 1.29 is 8.42 Å². The summed E-state index contributed by atoms with van der Waals surface area (Å²) in [5, 5.41) is 2.90. The molecular formula is C10H18N4O2S. The first-order valence-electron chi connectivity index (χ1n) is 5.38. The molecule has 1 rings (SSSR count). The zero-order valence-corrected chi connectivity index (χ0v) is 10.8. The molecule has 0 aliphatic carbocycles. The monoisotopic (exact) mass is 258 g/mol. The molecule has 17 heavy (non-hydrogen) atoms. The van der Waals surface area contributed by atoms with Crippen LogP contribution in [0.25, 0.3) is 0 Å². The second-order valence-electron chi connectivity index (χ2n) is 3.69. The fraction of sp³-hybridized carbons (Fsp3) is 0.500. The highest BCUT2D eigenvalue weighted by Crippen LogP contribution is 2.15. The number of hydrogen-bond donors (Lipinski definition) is 3. The zero-order chi connectivity index (χ0) is 12.9. The molecule has 0 aromatic carbocycles. The number of aryl methyl sites for hydroxylation is 1. The van der Waals surface area contributed by atoms with Crippen molar-refractivity contribution in [3.63, 3.8) is 0 Å². The zero-order valence-electron chi connectivity index (χ0n) is 10.0. The summed E-state index contributed by atoms with van der Waals surface area (Å²) in [6, 6.07) is 1.79. The average Bonchev–Trinajstić information content (AvgIpc) is 2.21. The Balaban J connectivity index is 2.51. The second-order valence-corrected chi connectivity index (χ2v) is 5.62. The van der Waals surface area contributed by atoms with E-state index in [0.717, 1.165) is 5.56 Å². The third-order valence-corrected chi connectivity index (χ3v) is 3.55. The SMILES string of the molecule is CCNS(=O)(=O)CCNc1ncc(C)cc1N. The van der Waals surface area contributed by atoms with E-state index in [0.29, 0.717) is 18.1 Å². The molecule has 0 spiro atoms. The highest BCUT2D eigenvalue weighted by molar-refractivity contribution is 7.89. The van der Waals surface area contributed by atoms with Gasteiger partial charge in [0.05, 0.1) is 11.4 Å². The number of hydrogen-bond acceptors (Lipinski definition) is 5. The Morgan fingerprint density at radius 2 is 2.18 bits per heavy atom. The van der Waals surface area contributed by atoms with Crippen LogP contribution in [0.1, 0.15) is 12.5 Å². The predicted octanol–water partition coefficient (Wildman–Crippen LogP) is 0.323. The Morgan fingerprint density at radius 1 is 1.47 bits per heavy atom. The quantitative estimate of drug-likeness (QED) is 0.683. The molecule has 0 aliphatic heterocycles. The summed E-state index contributed by atoms with van der Waals surface area (Å²) in [6.07, 6.45) is 1.68. The van der Waals surface area contributed by atoms with Gasteiger partial charge in [0.15, 0.2) is 0 Å². The first-order chi connectivity index (χ1) is 7.94. The lowest BCUT2D eigenvalue weighted by atomic mass is 10.3. The van der Waals surface area contributed by atoms with Crippen LogP contribution in [0.2, 0.25) is 0 Å². The van der Waals surface area contributed by atoms with E-state index in [1.54, 1.807) is 19.2 Å². The summed E-state index contributed by atoms with van der Waals surface area (Å²) >= 11 is 0. The minimum Gasteiger partial charge on any atom is -0.396 e. The highest BCUT2D eigenvalue weighted by atomic mass is 32.2. The largest absolute Gasteiger partial charge is 0.396 e. The van der Waals surface area contributed by atoms with E-state index in [-0.39, 0.29) is 12.3 Å².